The molecule has 2 fully saturated rings. The topological polar surface area (TPSA) is 90.3 Å². The zero-order valence-electron chi connectivity index (χ0n) is 14.3. The molecule has 1 aromatic rings. The average molecular weight is 337 g/mol. The van der Waals surface area contributed by atoms with Gasteiger partial charge in [0.25, 0.3) is 0 Å². The second kappa shape index (κ2) is 8.55. The maximum Gasteiger partial charge on any atom is 0.229 e. The molecule has 1 aromatic heterocycles. The summed E-state index contributed by atoms with van der Waals surface area (Å²) >= 11 is 0. The van der Waals surface area contributed by atoms with Crippen molar-refractivity contribution in [1.82, 2.24) is 20.1 Å². The normalized spacial score (nSPS) is 22.0. The smallest absolute Gasteiger partial charge is 0.229 e. The van der Waals surface area contributed by atoms with Crippen LogP contribution in [0.25, 0.3) is 0 Å². The number of nitrogens with one attached hydrogen (secondary N) is 2. The lowest BCUT2D eigenvalue weighted by molar-refractivity contribution is -0.117. The van der Waals surface area contributed by atoms with Crippen LogP contribution in [0.5, 0.6) is 0 Å². The maximum absolute atomic E-state index is 12.0. The quantitative estimate of drug-likeness (QED) is 0.716. The summed E-state index contributed by atoms with van der Waals surface area (Å²) in [6, 6.07) is 0. The Morgan fingerprint density at radius 3 is 3.00 bits per heavy atom. The molecule has 0 saturated carbocycles. The molecule has 0 aromatic carbocycles. The van der Waals surface area contributed by atoms with E-state index in [1.165, 1.54) is 0 Å². The van der Waals surface area contributed by atoms with Gasteiger partial charge in [-0.15, -0.1) is 0 Å². The standard InChI is InChI=1S/C16H27N5O3/c1-21-16(19-15(20-21)12-4-7-17-8-5-12)18-14(22)6-10-23-11-13-3-2-9-24-13/h12-13,17H,2-11H2,1H3,(H,18,19,20,22). The fourth-order valence-corrected chi connectivity index (χ4v) is 3.11. The van der Waals surface area contributed by atoms with Crippen LogP contribution in [0.1, 0.15) is 43.8 Å². The predicted octanol–water partition coefficient (Wildman–Crippen LogP) is 0.806. The monoisotopic (exact) mass is 337 g/mol. The molecule has 0 spiro atoms. The number of carbonyl (C=O) groups excluding carboxylic acids is 1. The Labute approximate surface area is 142 Å². The minimum absolute atomic E-state index is 0.102. The lowest BCUT2D eigenvalue weighted by Gasteiger charge is -2.19. The molecule has 0 aliphatic carbocycles. The van der Waals surface area contributed by atoms with Crippen LogP contribution in [0.4, 0.5) is 5.95 Å². The van der Waals surface area contributed by atoms with E-state index in [0.717, 1.165) is 51.2 Å². The van der Waals surface area contributed by atoms with Gasteiger partial charge in [0, 0.05) is 19.6 Å². The van der Waals surface area contributed by atoms with Crippen molar-refractivity contribution in [3.05, 3.63) is 5.82 Å². The number of ether oxygens (including phenoxy) is 2. The molecule has 1 atom stereocenters. The van der Waals surface area contributed by atoms with Crippen molar-refractivity contribution in [1.29, 1.82) is 0 Å². The van der Waals surface area contributed by atoms with Crippen LogP contribution in [-0.4, -0.2) is 59.7 Å². The third kappa shape index (κ3) is 4.75. The third-order valence-corrected chi connectivity index (χ3v) is 4.54. The highest BCUT2D eigenvalue weighted by atomic mass is 16.5. The molecule has 2 aliphatic heterocycles. The number of aryl methyl sites for hydroxylation is 1. The van der Waals surface area contributed by atoms with Crippen LogP contribution in [0.15, 0.2) is 0 Å². The average Bonchev–Trinajstić information content (AvgIpc) is 3.23. The van der Waals surface area contributed by atoms with Gasteiger partial charge in [-0.2, -0.15) is 10.1 Å². The molecule has 8 nitrogen and oxygen atoms in total. The van der Waals surface area contributed by atoms with Crippen LogP contribution in [0.2, 0.25) is 0 Å². The first-order valence-electron chi connectivity index (χ1n) is 8.83. The Morgan fingerprint density at radius 2 is 2.25 bits per heavy atom. The number of carbonyl (C=O) groups is 1. The third-order valence-electron chi connectivity index (χ3n) is 4.54. The molecule has 8 heteroatoms. The molecule has 2 N–H and O–H groups in total. The zero-order valence-corrected chi connectivity index (χ0v) is 14.3. The van der Waals surface area contributed by atoms with Gasteiger partial charge in [0.05, 0.1) is 25.7 Å². The van der Waals surface area contributed by atoms with E-state index in [2.05, 4.69) is 20.7 Å². The summed E-state index contributed by atoms with van der Waals surface area (Å²) in [7, 11) is 1.81. The SMILES string of the molecule is Cn1nc(C2CCNCC2)nc1NC(=O)CCOCC1CCCO1. The summed E-state index contributed by atoms with van der Waals surface area (Å²) in [5, 5.41) is 10.6. The first-order valence-corrected chi connectivity index (χ1v) is 8.83. The van der Waals surface area contributed by atoms with Crippen molar-refractivity contribution in [2.24, 2.45) is 7.05 Å². The molecule has 3 heterocycles. The van der Waals surface area contributed by atoms with Crippen molar-refractivity contribution in [3.63, 3.8) is 0 Å². The van der Waals surface area contributed by atoms with E-state index in [0.29, 0.717) is 31.5 Å². The fraction of sp³-hybridized carbons (Fsp3) is 0.812. The minimum Gasteiger partial charge on any atom is -0.378 e. The van der Waals surface area contributed by atoms with E-state index in [4.69, 9.17) is 9.47 Å². The van der Waals surface area contributed by atoms with Crippen LogP contribution in [-0.2, 0) is 21.3 Å². The number of rotatable bonds is 7. The fourth-order valence-electron chi connectivity index (χ4n) is 3.11. The Bertz CT molecular complexity index is 536. The summed E-state index contributed by atoms with van der Waals surface area (Å²) in [5.74, 6) is 1.60. The number of aromatic nitrogens is 3. The van der Waals surface area contributed by atoms with Crippen molar-refractivity contribution in [2.45, 2.75) is 44.1 Å². The number of hydrogen-bond acceptors (Lipinski definition) is 6. The molecule has 1 amide bonds. The molecular weight excluding hydrogens is 310 g/mol. The van der Waals surface area contributed by atoms with Crippen LogP contribution < -0.4 is 10.6 Å². The van der Waals surface area contributed by atoms with Crippen molar-refractivity contribution in [2.75, 3.05) is 38.2 Å². The molecule has 1 unspecified atom stereocenters. The van der Waals surface area contributed by atoms with Gasteiger partial charge in [-0.3, -0.25) is 10.1 Å². The maximum atomic E-state index is 12.0. The number of anilines is 1. The lowest BCUT2D eigenvalue weighted by Crippen LogP contribution is -2.27. The van der Waals surface area contributed by atoms with Gasteiger partial charge in [0.2, 0.25) is 11.9 Å². The summed E-state index contributed by atoms with van der Waals surface area (Å²) in [6.45, 7) is 3.77. The van der Waals surface area contributed by atoms with Gasteiger partial charge >= 0.3 is 0 Å². The van der Waals surface area contributed by atoms with Gasteiger partial charge in [-0.25, -0.2) is 4.68 Å². The van der Waals surface area contributed by atoms with E-state index in [1.807, 2.05) is 0 Å². The Balaban J connectivity index is 1.41. The molecule has 3 rings (SSSR count). The van der Waals surface area contributed by atoms with E-state index in [1.54, 1.807) is 11.7 Å². The second-order valence-corrected chi connectivity index (χ2v) is 6.45. The van der Waals surface area contributed by atoms with E-state index in [-0.39, 0.29) is 12.0 Å². The molecule has 2 aliphatic rings. The highest BCUT2D eigenvalue weighted by Gasteiger charge is 2.21. The number of nitrogens with zero attached hydrogens (tertiary/aromatic N) is 3. The molecule has 134 valence electrons. The van der Waals surface area contributed by atoms with Crippen LogP contribution in [0.3, 0.4) is 0 Å². The second-order valence-electron chi connectivity index (χ2n) is 6.45. The van der Waals surface area contributed by atoms with Gasteiger partial charge < -0.3 is 14.8 Å². The van der Waals surface area contributed by atoms with E-state index in [9.17, 15) is 4.79 Å². The van der Waals surface area contributed by atoms with Crippen molar-refractivity contribution in [3.8, 4) is 0 Å². The highest BCUT2D eigenvalue weighted by molar-refractivity contribution is 5.89. The van der Waals surface area contributed by atoms with Crippen molar-refractivity contribution >= 4 is 11.9 Å². The molecule has 24 heavy (non-hydrogen) atoms. The van der Waals surface area contributed by atoms with Crippen LogP contribution in [0, 0.1) is 0 Å². The van der Waals surface area contributed by atoms with E-state index >= 15 is 0 Å². The number of hydrogen-bond donors (Lipinski definition) is 2. The largest absolute Gasteiger partial charge is 0.378 e. The Hall–Kier alpha value is -1.51. The molecular formula is C16H27N5O3. The Kier molecular flexibility index (Phi) is 6.17. The van der Waals surface area contributed by atoms with E-state index < -0.39 is 0 Å². The summed E-state index contributed by atoms with van der Waals surface area (Å²) < 4.78 is 12.6. The number of piperidine rings is 1. The highest BCUT2D eigenvalue weighted by Crippen LogP contribution is 2.23. The molecule has 2 saturated heterocycles. The van der Waals surface area contributed by atoms with Gasteiger partial charge in [-0.05, 0) is 38.8 Å². The zero-order chi connectivity index (χ0) is 16.8. The van der Waals surface area contributed by atoms with Crippen molar-refractivity contribution < 1.29 is 14.3 Å². The number of amides is 1. The summed E-state index contributed by atoms with van der Waals surface area (Å²) in [6.07, 6.45) is 4.72. The molecule has 0 bridgehead atoms. The predicted molar refractivity (Wildman–Crippen MR) is 88.9 cm³/mol. The van der Waals surface area contributed by atoms with Crippen LogP contribution >= 0.6 is 0 Å². The van der Waals surface area contributed by atoms with Gasteiger partial charge in [0.15, 0.2) is 5.82 Å². The van der Waals surface area contributed by atoms with Gasteiger partial charge in [-0.1, -0.05) is 0 Å². The Morgan fingerprint density at radius 1 is 1.42 bits per heavy atom. The van der Waals surface area contributed by atoms with Gasteiger partial charge in [0.1, 0.15) is 0 Å². The first kappa shape index (κ1) is 17.3. The summed E-state index contributed by atoms with van der Waals surface area (Å²) in [4.78, 5) is 16.5. The summed E-state index contributed by atoms with van der Waals surface area (Å²) in [5.41, 5.74) is 0. The minimum atomic E-state index is -0.102. The first-order chi connectivity index (χ1) is 11.7. The lowest BCUT2D eigenvalue weighted by atomic mass is 9.98. The molecule has 0 radical (unpaired) electrons.